The number of rotatable bonds is 1. The first-order valence-corrected chi connectivity index (χ1v) is 6.71. The lowest BCUT2D eigenvalue weighted by Gasteiger charge is -1.97. The highest BCUT2D eigenvalue weighted by molar-refractivity contribution is 7.20. The van der Waals surface area contributed by atoms with Gasteiger partial charge in [-0.2, -0.15) is 0 Å². The quantitative estimate of drug-likeness (QED) is 0.538. The summed E-state index contributed by atoms with van der Waals surface area (Å²) < 4.78 is 3.10. The van der Waals surface area contributed by atoms with Gasteiger partial charge in [-0.3, -0.25) is 4.57 Å². The largest absolute Gasteiger partial charge is 0.399 e. The molecule has 0 aliphatic carbocycles. The number of hydrogen-bond acceptors (Lipinski definition) is 4. The molecular weight excluding hydrogens is 256 g/mol. The maximum atomic E-state index is 5.80. The number of nitrogens with zero attached hydrogens (tertiary/aromatic N) is 3. The van der Waals surface area contributed by atoms with Crippen molar-refractivity contribution in [2.24, 2.45) is 0 Å². The summed E-state index contributed by atoms with van der Waals surface area (Å²) >= 11 is 1.62. The predicted octanol–water partition coefficient (Wildman–Crippen LogP) is 3.22. The van der Waals surface area contributed by atoms with E-state index < -0.39 is 0 Å². The third kappa shape index (κ3) is 1.59. The lowest BCUT2D eigenvalue weighted by molar-refractivity contribution is 1.07. The van der Waals surface area contributed by atoms with Gasteiger partial charge in [-0.15, -0.1) is 0 Å². The van der Waals surface area contributed by atoms with Gasteiger partial charge >= 0.3 is 0 Å². The Hall–Kier alpha value is -2.40. The Kier molecular flexibility index (Phi) is 2.10. The highest BCUT2D eigenvalue weighted by Gasteiger charge is 2.09. The van der Waals surface area contributed by atoms with Gasteiger partial charge in [0.15, 0.2) is 5.13 Å². The molecule has 2 heterocycles. The van der Waals surface area contributed by atoms with E-state index in [-0.39, 0.29) is 0 Å². The SMILES string of the molecule is Nc1ccc2nc(-n3cnc4ccccc43)sc2c1. The van der Waals surface area contributed by atoms with Crippen molar-refractivity contribution >= 4 is 38.3 Å². The van der Waals surface area contributed by atoms with Crippen LogP contribution >= 0.6 is 11.3 Å². The highest BCUT2D eigenvalue weighted by Crippen LogP contribution is 2.28. The van der Waals surface area contributed by atoms with Gasteiger partial charge in [-0.1, -0.05) is 23.5 Å². The van der Waals surface area contributed by atoms with Gasteiger partial charge in [0.25, 0.3) is 0 Å². The number of thiazole rings is 1. The molecule has 0 atom stereocenters. The molecule has 0 saturated carbocycles. The van der Waals surface area contributed by atoms with Crippen molar-refractivity contribution in [3.8, 4) is 5.13 Å². The van der Waals surface area contributed by atoms with E-state index in [1.165, 1.54) is 0 Å². The molecule has 0 amide bonds. The molecular formula is C14H10N4S. The van der Waals surface area contributed by atoms with Crippen molar-refractivity contribution < 1.29 is 0 Å². The van der Waals surface area contributed by atoms with Gasteiger partial charge < -0.3 is 5.73 Å². The van der Waals surface area contributed by atoms with Crippen molar-refractivity contribution in [1.82, 2.24) is 14.5 Å². The molecule has 0 radical (unpaired) electrons. The summed E-state index contributed by atoms with van der Waals surface area (Å²) in [6.45, 7) is 0. The van der Waals surface area contributed by atoms with E-state index in [9.17, 15) is 0 Å². The van der Waals surface area contributed by atoms with Crippen molar-refractivity contribution in [3.63, 3.8) is 0 Å². The zero-order valence-corrected chi connectivity index (χ0v) is 10.8. The third-order valence-corrected chi connectivity index (χ3v) is 4.08. The predicted molar refractivity (Wildman–Crippen MR) is 78.7 cm³/mol. The number of aromatic nitrogens is 3. The van der Waals surface area contributed by atoms with E-state index in [2.05, 4.69) is 9.97 Å². The van der Waals surface area contributed by atoms with Crippen LogP contribution in [-0.2, 0) is 0 Å². The van der Waals surface area contributed by atoms with Crippen molar-refractivity contribution in [3.05, 3.63) is 48.8 Å². The fourth-order valence-corrected chi connectivity index (χ4v) is 3.14. The number of fused-ring (bicyclic) bond motifs is 2. The van der Waals surface area contributed by atoms with E-state index in [1.54, 1.807) is 11.3 Å². The topological polar surface area (TPSA) is 56.7 Å². The minimum Gasteiger partial charge on any atom is -0.399 e. The van der Waals surface area contributed by atoms with E-state index in [0.717, 1.165) is 32.1 Å². The molecule has 4 nitrogen and oxygen atoms in total. The van der Waals surface area contributed by atoms with Crippen molar-refractivity contribution in [2.75, 3.05) is 5.73 Å². The Morgan fingerprint density at radius 2 is 1.95 bits per heavy atom. The summed E-state index contributed by atoms with van der Waals surface area (Å²) in [6, 6.07) is 13.8. The van der Waals surface area contributed by atoms with Crippen LogP contribution in [0.15, 0.2) is 48.8 Å². The minimum absolute atomic E-state index is 0.762. The molecule has 2 aromatic carbocycles. The van der Waals surface area contributed by atoms with Crippen LogP contribution in [0.25, 0.3) is 26.4 Å². The first kappa shape index (κ1) is 10.5. The molecule has 0 spiro atoms. The van der Waals surface area contributed by atoms with E-state index in [4.69, 9.17) is 5.73 Å². The first-order valence-electron chi connectivity index (χ1n) is 5.90. The molecule has 4 aromatic rings. The third-order valence-electron chi connectivity index (χ3n) is 3.06. The molecule has 0 saturated heterocycles. The molecule has 0 unspecified atom stereocenters. The van der Waals surface area contributed by atoms with Crippen LogP contribution in [0.4, 0.5) is 5.69 Å². The molecule has 4 rings (SSSR count). The molecule has 5 heteroatoms. The second-order valence-corrected chi connectivity index (χ2v) is 5.34. The molecule has 0 aliphatic rings. The molecule has 0 bridgehead atoms. The summed E-state index contributed by atoms with van der Waals surface area (Å²) in [6.07, 6.45) is 1.81. The number of hydrogen-bond donors (Lipinski definition) is 1. The number of nitrogens with two attached hydrogens (primary N) is 1. The summed E-state index contributed by atoms with van der Waals surface area (Å²) in [7, 11) is 0. The van der Waals surface area contributed by atoms with Gasteiger partial charge in [0.2, 0.25) is 0 Å². The van der Waals surface area contributed by atoms with Crippen LogP contribution < -0.4 is 5.73 Å². The van der Waals surface area contributed by atoms with Crippen LogP contribution in [0.3, 0.4) is 0 Å². The molecule has 2 N–H and O–H groups in total. The van der Waals surface area contributed by atoms with Crippen LogP contribution in [0.2, 0.25) is 0 Å². The summed E-state index contributed by atoms with van der Waals surface area (Å²) in [5, 5.41) is 0.911. The lowest BCUT2D eigenvalue weighted by atomic mass is 10.3. The Balaban J connectivity index is 1.99. The number of anilines is 1. The minimum atomic E-state index is 0.762. The average molecular weight is 266 g/mol. The number of para-hydroxylation sites is 2. The van der Waals surface area contributed by atoms with Crippen molar-refractivity contribution in [2.45, 2.75) is 0 Å². The Morgan fingerprint density at radius 1 is 1.05 bits per heavy atom. The maximum absolute atomic E-state index is 5.80. The van der Waals surface area contributed by atoms with Gasteiger partial charge in [-0.25, -0.2) is 9.97 Å². The Labute approximate surface area is 113 Å². The second kappa shape index (κ2) is 3.80. The van der Waals surface area contributed by atoms with Crippen LogP contribution in [0.1, 0.15) is 0 Å². The first-order chi connectivity index (χ1) is 9.31. The van der Waals surface area contributed by atoms with Gasteiger partial charge in [0, 0.05) is 5.69 Å². The van der Waals surface area contributed by atoms with Gasteiger partial charge in [0.05, 0.1) is 21.3 Å². The van der Waals surface area contributed by atoms with E-state index in [1.807, 2.05) is 53.4 Å². The van der Waals surface area contributed by atoms with E-state index >= 15 is 0 Å². The monoisotopic (exact) mass is 266 g/mol. The summed E-state index contributed by atoms with van der Waals surface area (Å²) in [4.78, 5) is 9.02. The van der Waals surface area contributed by atoms with E-state index in [0.29, 0.717) is 0 Å². The van der Waals surface area contributed by atoms with Gasteiger partial charge in [-0.05, 0) is 30.3 Å². The molecule has 2 aromatic heterocycles. The lowest BCUT2D eigenvalue weighted by Crippen LogP contribution is -1.89. The normalized spacial score (nSPS) is 11.4. The summed E-state index contributed by atoms with van der Waals surface area (Å²) in [5.41, 5.74) is 9.57. The number of imidazole rings is 1. The highest BCUT2D eigenvalue weighted by atomic mass is 32.1. The van der Waals surface area contributed by atoms with Crippen LogP contribution in [0.5, 0.6) is 0 Å². The molecule has 0 aliphatic heterocycles. The van der Waals surface area contributed by atoms with Gasteiger partial charge in [0.1, 0.15) is 6.33 Å². The zero-order valence-electron chi connectivity index (χ0n) is 9.95. The molecule has 92 valence electrons. The van der Waals surface area contributed by atoms with Crippen molar-refractivity contribution in [1.29, 1.82) is 0 Å². The van der Waals surface area contributed by atoms with Crippen LogP contribution in [0, 0.1) is 0 Å². The molecule has 0 fully saturated rings. The standard InChI is InChI=1S/C14H10N4S/c15-9-5-6-11-13(7-9)19-14(17-11)18-8-16-10-3-1-2-4-12(10)18/h1-8H,15H2. The Morgan fingerprint density at radius 3 is 2.89 bits per heavy atom. The fourth-order valence-electron chi connectivity index (χ4n) is 2.14. The summed E-state index contributed by atoms with van der Waals surface area (Å²) in [5.74, 6) is 0. The fraction of sp³-hybridized carbons (Fsp3) is 0. The smallest absolute Gasteiger partial charge is 0.196 e. The number of benzene rings is 2. The zero-order chi connectivity index (χ0) is 12.8. The molecule has 19 heavy (non-hydrogen) atoms. The maximum Gasteiger partial charge on any atom is 0.196 e. The Bertz CT molecular complexity index is 891. The van der Waals surface area contributed by atoms with Crippen LogP contribution in [-0.4, -0.2) is 14.5 Å². The average Bonchev–Trinajstić information content (AvgIpc) is 3.00. The second-order valence-electron chi connectivity index (χ2n) is 4.33. The number of nitrogen functional groups attached to an aromatic ring is 1.